The van der Waals surface area contributed by atoms with Gasteiger partial charge in [-0.1, -0.05) is 0 Å². The molecule has 2 aromatic rings. The van der Waals surface area contributed by atoms with Crippen LogP contribution in [0.5, 0.6) is 5.75 Å². The monoisotopic (exact) mass is 263 g/mol. The number of nitrogens with zero attached hydrogens (tertiary/aromatic N) is 3. The van der Waals surface area contributed by atoms with E-state index in [0.717, 1.165) is 6.54 Å². The average Bonchev–Trinajstić information content (AvgIpc) is 3.04. The third-order valence-electron chi connectivity index (χ3n) is 2.74. The van der Waals surface area contributed by atoms with Gasteiger partial charge in [-0.25, -0.2) is 0 Å². The summed E-state index contributed by atoms with van der Waals surface area (Å²) in [6.45, 7) is 1.39. The first-order chi connectivity index (χ1) is 9.13. The van der Waals surface area contributed by atoms with Gasteiger partial charge in [-0.2, -0.15) is 5.10 Å². The molecule has 0 saturated carbocycles. The minimum absolute atomic E-state index is 0.224. The second-order valence-electron chi connectivity index (χ2n) is 4.39. The summed E-state index contributed by atoms with van der Waals surface area (Å²) in [5.41, 5.74) is 0.416. The van der Waals surface area contributed by atoms with Crippen molar-refractivity contribution in [2.24, 2.45) is 0 Å². The molecule has 0 bridgehead atoms. The van der Waals surface area contributed by atoms with E-state index in [-0.39, 0.29) is 11.5 Å². The number of ether oxygens (including phenoxy) is 1. The van der Waals surface area contributed by atoms with Crippen molar-refractivity contribution in [3.05, 3.63) is 36.0 Å². The third kappa shape index (κ3) is 2.85. The fraction of sp³-hybridized carbons (Fsp3) is 0.385. The van der Waals surface area contributed by atoms with Gasteiger partial charge >= 0.3 is 0 Å². The second-order valence-corrected chi connectivity index (χ2v) is 4.39. The molecule has 2 rings (SSSR count). The van der Waals surface area contributed by atoms with Crippen LogP contribution in [0.25, 0.3) is 0 Å². The molecule has 0 spiro atoms. The Balaban J connectivity index is 2.31. The lowest BCUT2D eigenvalue weighted by molar-refractivity contribution is 0.0995. The molecule has 0 aliphatic heterocycles. The van der Waals surface area contributed by atoms with Crippen molar-refractivity contribution in [1.29, 1.82) is 0 Å². The van der Waals surface area contributed by atoms with Crippen LogP contribution >= 0.6 is 0 Å². The summed E-state index contributed by atoms with van der Waals surface area (Å²) in [7, 11) is 5.45. The van der Waals surface area contributed by atoms with E-state index >= 15 is 0 Å². The van der Waals surface area contributed by atoms with Crippen molar-refractivity contribution in [3.63, 3.8) is 0 Å². The summed E-state index contributed by atoms with van der Waals surface area (Å²) in [5.74, 6) is 0.517. The highest BCUT2D eigenvalue weighted by Crippen LogP contribution is 2.21. The molecule has 0 N–H and O–H groups in total. The van der Waals surface area contributed by atoms with Crippen LogP contribution in [0.1, 0.15) is 16.2 Å². The number of rotatable bonds is 6. The van der Waals surface area contributed by atoms with Gasteiger partial charge in [0, 0.05) is 6.54 Å². The summed E-state index contributed by atoms with van der Waals surface area (Å²) in [6, 6.07) is 3.31. The molecule has 19 heavy (non-hydrogen) atoms. The molecule has 0 amide bonds. The van der Waals surface area contributed by atoms with E-state index in [1.165, 1.54) is 13.4 Å². The van der Waals surface area contributed by atoms with Gasteiger partial charge < -0.3 is 14.1 Å². The van der Waals surface area contributed by atoms with Crippen LogP contribution in [0.4, 0.5) is 0 Å². The Hall–Kier alpha value is -2.08. The topological polar surface area (TPSA) is 60.5 Å². The maximum Gasteiger partial charge on any atom is 0.249 e. The van der Waals surface area contributed by atoms with Crippen LogP contribution in [0.3, 0.4) is 0 Å². The van der Waals surface area contributed by atoms with Gasteiger partial charge in [0.05, 0.1) is 26.1 Å². The van der Waals surface area contributed by atoms with Crippen LogP contribution in [0, 0.1) is 0 Å². The van der Waals surface area contributed by atoms with E-state index in [1.54, 1.807) is 23.0 Å². The Morgan fingerprint density at radius 1 is 1.53 bits per heavy atom. The molecule has 0 aliphatic rings. The maximum atomic E-state index is 12.4. The first kappa shape index (κ1) is 13.4. The zero-order valence-electron chi connectivity index (χ0n) is 11.3. The number of aromatic nitrogens is 2. The standard InChI is InChI=1S/C13H17N3O3/c1-15(2)6-7-16-12(11(18-3)9-14-16)13(17)10-5-4-8-19-10/h4-5,8-9H,6-7H2,1-3H3. The zero-order valence-corrected chi connectivity index (χ0v) is 11.3. The zero-order chi connectivity index (χ0) is 13.8. The Morgan fingerprint density at radius 3 is 2.89 bits per heavy atom. The summed E-state index contributed by atoms with van der Waals surface area (Å²) in [4.78, 5) is 14.4. The normalized spacial score (nSPS) is 10.9. The molecule has 0 atom stereocenters. The molecule has 0 aliphatic carbocycles. The van der Waals surface area contributed by atoms with Crippen LogP contribution in [-0.4, -0.2) is 48.2 Å². The van der Waals surface area contributed by atoms with Gasteiger partial charge in [0.2, 0.25) is 5.78 Å². The van der Waals surface area contributed by atoms with Gasteiger partial charge in [0.1, 0.15) is 0 Å². The molecule has 0 saturated heterocycles. The number of hydrogen-bond acceptors (Lipinski definition) is 5. The molecule has 6 nitrogen and oxygen atoms in total. The summed E-state index contributed by atoms with van der Waals surface area (Å²) >= 11 is 0. The highest BCUT2D eigenvalue weighted by Gasteiger charge is 2.22. The van der Waals surface area contributed by atoms with E-state index in [9.17, 15) is 4.79 Å². The maximum absolute atomic E-state index is 12.4. The Bertz CT molecular complexity index is 543. The van der Waals surface area contributed by atoms with E-state index in [2.05, 4.69) is 5.10 Å². The predicted octanol–water partition coefficient (Wildman–Crippen LogP) is 1.28. The van der Waals surface area contributed by atoms with Gasteiger partial charge in [0.25, 0.3) is 0 Å². The van der Waals surface area contributed by atoms with Crippen LogP contribution in [0.15, 0.2) is 29.0 Å². The molecule has 0 fully saturated rings. The first-order valence-electron chi connectivity index (χ1n) is 5.96. The van der Waals surface area contributed by atoms with Crippen molar-refractivity contribution in [2.75, 3.05) is 27.7 Å². The van der Waals surface area contributed by atoms with Crippen molar-refractivity contribution in [2.45, 2.75) is 6.54 Å². The fourth-order valence-corrected chi connectivity index (χ4v) is 1.74. The second kappa shape index (κ2) is 5.71. The van der Waals surface area contributed by atoms with E-state index < -0.39 is 0 Å². The van der Waals surface area contributed by atoms with E-state index in [0.29, 0.717) is 18.0 Å². The van der Waals surface area contributed by atoms with Crippen molar-refractivity contribution < 1.29 is 13.9 Å². The lowest BCUT2D eigenvalue weighted by Crippen LogP contribution is -2.21. The molecule has 2 heterocycles. The summed E-state index contributed by atoms with van der Waals surface area (Å²) in [5, 5.41) is 4.19. The minimum Gasteiger partial charge on any atom is -0.493 e. The largest absolute Gasteiger partial charge is 0.493 e. The minimum atomic E-state index is -0.224. The third-order valence-corrected chi connectivity index (χ3v) is 2.74. The van der Waals surface area contributed by atoms with Crippen LogP contribution in [0.2, 0.25) is 0 Å². The number of furan rings is 1. The molecular formula is C13H17N3O3. The predicted molar refractivity (Wildman–Crippen MR) is 69.5 cm³/mol. The molecule has 2 aromatic heterocycles. The van der Waals surface area contributed by atoms with E-state index in [1.807, 2.05) is 19.0 Å². The Kier molecular flexibility index (Phi) is 4.01. The molecule has 102 valence electrons. The summed E-state index contributed by atoms with van der Waals surface area (Å²) < 4.78 is 12.0. The fourth-order valence-electron chi connectivity index (χ4n) is 1.74. The lowest BCUT2D eigenvalue weighted by Gasteiger charge is -2.11. The van der Waals surface area contributed by atoms with Crippen molar-refractivity contribution in [1.82, 2.24) is 14.7 Å². The Labute approximate surface area is 111 Å². The quantitative estimate of drug-likeness (QED) is 0.735. The van der Waals surface area contributed by atoms with Gasteiger partial charge in [0.15, 0.2) is 17.2 Å². The van der Waals surface area contributed by atoms with Crippen LogP contribution < -0.4 is 4.74 Å². The SMILES string of the molecule is COc1cnn(CCN(C)C)c1C(=O)c1ccco1. The summed E-state index contributed by atoms with van der Waals surface area (Å²) in [6.07, 6.45) is 3.02. The molecule has 0 radical (unpaired) electrons. The Morgan fingerprint density at radius 2 is 2.32 bits per heavy atom. The average molecular weight is 263 g/mol. The van der Waals surface area contributed by atoms with Crippen molar-refractivity contribution in [3.8, 4) is 5.75 Å². The number of carbonyl (C=O) groups excluding carboxylic acids is 1. The number of hydrogen-bond donors (Lipinski definition) is 0. The van der Waals surface area contributed by atoms with Gasteiger partial charge in [-0.3, -0.25) is 9.48 Å². The smallest absolute Gasteiger partial charge is 0.249 e. The lowest BCUT2D eigenvalue weighted by atomic mass is 10.2. The molecule has 0 aromatic carbocycles. The first-order valence-corrected chi connectivity index (χ1v) is 5.96. The molecule has 0 unspecified atom stereocenters. The number of likely N-dealkylation sites (N-methyl/N-ethyl adjacent to an activating group) is 1. The number of ketones is 1. The van der Waals surface area contributed by atoms with Gasteiger partial charge in [-0.05, 0) is 26.2 Å². The molecule has 6 heteroatoms. The number of carbonyl (C=O) groups is 1. The van der Waals surface area contributed by atoms with Crippen LogP contribution in [-0.2, 0) is 6.54 Å². The van der Waals surface area contributed by atoms with E-state index in [4.69, 9.17) is 9.15 Å². The highest BCUT2D eigenvalue weighted by atomic mass is 16.5. The van der Waals surface area contributed by atoms with Gasteiger partial charge in [-0.15, -0.1) is 0 Å². The highest BCUT2D eigenvalue weighted by molar-refractivity contribution is 6.07. The number of methoxy groups -OCH3 is 1. The van der Waals surface area contributed by atoms with Crippen molar-refractivity contribution >= 4 is 5.78 Å². The molecular weight excluding hydrogens is 246 g/mol.